The predicted molar refractivity (Wildman–Crippen MR) is 97.7 cm³/mol. The molecule has 1 aromatic heterocycles. The molecular formula is C19H23N5O3. The second-order valence-electron chi connectivity index (χ2n) is 6.90. The molecule has 8 heteroatoms. The normalized spacial score (nSPS) is 17.1. The van der Waals surface area contributed by atoms with Gasteiger partial charge in [0.25, 0.3) is 5.91 Å². The third kappa shape index (κ3) is 3.92. The number of aromatic nitrogens is 3. The van der Waals surface area contributed by atoms with Crippen molar-refractivity contribution in [2.45, 2.75) is 64.1 Å². The highest BCUT2D eigenvalue weighted by molar-refractivity contribution is 5.95. The number of fused-ring (bicyclic) bond motifs is 1. The SMILES string of the molecule is CCn1nnc2cc(C(=O)O[C@@H](C)C(=O)NC3(C#N)CCCCC3)ccc21. The van der Waals surface area contributed by atoms with Crippen LogP contribution in [0.25, 0.3) is 11.0 Å². The molecule has 0 spiro atoms. The minimum absolute atomic E-state index is 0.304. The molecule has 1 heterocycles. The maximum atomic E-state index is 12.4. The lowest BCUT2D eigenvalue weighted by atomic mass is 9.83. The predicted octanol–water partition coefficient (Wildman–Crippen LogP) is 2.34. The van der Waals surface area contributed by atoms with Gasteiger partial charge in [-0.1, -0.05) is 24.5 Å². The topological polar surface area (TPSA) is 110 Å². The maximum absolute atomic E-state index is 12.4. The Kier molecular flexibility index (Phi) is 5.40. The summed E-state index contributed by atoms with van der Waals surface area (Å²) in [5, 5.41) is 20.3. The molecule has 0 bridgehead atoms. The quantitative estimate of drug-likeness (QED) is 0.810. The van der Waals surface area contributed by atoms with Gasteiger partial charge in [-0.05, 0) is 44.9 Å². The Labute approximate surface area is 157 Å². The summed E-state index contributed by atoms with van der Waals surface area (Å²) in [6.07, 6.45) is 3.13. The number of benzene rings is 1. The van der Waals surface area contributed by atoms with E-state index in [9.17, 15) is 14.9 Å². The number of nitrogens with one attached hydrogen (secondary N) is 1. The first-order valence-electron chi connectivity index (χ1n) is 9.25. The van der Waals surface area contributed by atoms with Crippen LogP contribution in [0.15, 0.2) is 18.2 Å². The van der Waals surface area contributed by atoms with Crippen LogP contribution in [0.4, 0.5) is 0 Å². The molecule has 1 atom stereocenters. The molecule has 0 radical (unpaired) electrons. The van der Waals surface area contributed by atoms with E-state index in [0.29, 0.717) is 30.5 Å². The molecule has 0 saturated heterocycles. The molecular weight excluding hydrogens is 346 g/mol. The average molecular weight is 369 g/mol. The van der Waals surface area contributed by atoms with E-state index in [-0.39, 0.29) is 0 Å². The number of ether oxygens (including phenoxy) is 1. The van der Waals surface area contributed by atoms with Crippen molar-refractivity contribution in [3.05, 3.63) is 23.8 Å². The van der Waals surface area contributed by atoms with E-state index in [0.717, 1.165) is 24.8 Å². The molecule has 1 aromatic carbocycles. The average Bonchev–Trinajstić information content (AvgIpc) is 3.10. The van der Waals surface area contributed by atoms with Crippen molar-refractivity contribution in [1.29, 1.82) is 5.26 Å². The van der Waals surface area contributed by atoms with Gasteiger partial charge in [-0.15, -0.1) is 5.10 Å². The largest absolute Gasteiger partial charge is 0.449 e. The van der Waals surface area contributed by atoms with Crippen molar-refractivity contribution in [2.24, 2.45) is 0 Å². The van der Waals surface area contributed by atoms with Crippen LogP contribution in [0, 0.1) is 11.3 Å². The number of carbonyl (C=O) groups excluding carboxylic acids is 2. The van der Waals surface area contributed by atoms with Gasteiger partial charge in [0, 0.05) is 6.54 Å². The monoisotopic (exact) mass is 369 g/mol. The molecule has 1 aliphatic carbocycles. The van der Waals surface area contributed by atoms with Crippen LogP contribution in [-0.2, 0) is 16.1 Å². The van der Waals surface area contributed by atoms with Gasteiger partial charge in [0.2, 0.25) is 0 Å². The first kappa shape index (κ1) is 18.8. The lowest BCUT2D eigenvalue weighted by Gasteiger charge is -2.32. The summed E-state index contributed by atoms with van der Waals surface area (Å²) in [6.45, 7) is 4.14. The molecule has 1 amide bonds. The van der Waals surface area contributed by atoms with E-state index >= 15 is 0 Å². The van der Waals surface area contributed by atoms with Gasteiger partial charge in [0.15, 0.2) is 6.10 Å². The van der Waals surface area contributed by atoms with Gasteiger partial charge >= 0.3 is 5.97 Å². The number of nitrogens with zero attached hydrogens (tertiary/aromatic N) is 4. The lowest BCUT2D eigenvalue weighted by Crippen LogP contribution is -2.52. The van der Waals surface area contributed by atoms with Crippen molar-refractivity contribution in [2.75, 3.05) is 0 Å². The van der Waals surface area contributed by atoms with Crippen LogP contribution in [0.1, 0.15) is 56.3 Å². The van der Waals surface area contributed by atoms with Crippen LogP contribution in [0.3, 0.4) is 0 Å². The third-order valence-corrected chi connectivity index (χ3v) is 4.99. The second-order valence-corrected chi connectivity index (χ2v) is 6.90. The summed E-state index contributed by atoms with van der Waals surface area (Å²) in [7, 11) is 0. The van der Waals surface area contributed by atoms with Crippen molar-refractivity contribution in [1.82, 2.24) is 20.3 Å². The first-order valence-corrected chi connectivity index (χ1v) is 9.25. The Morgan fingerprint density at radius 3 is 2.78 bits per heavy atom. The summed E-state index contributed by atoms with van der Waals surface area (Å²) in [5.74, 6) is -1.06. The van der Waals surface area contributed by atoms with Gasteiger partial charge in [0.1, 0.15) is 11.1 Å². The minimum atomic E-state index is -0.994. The van der Waals surface area contributed by atoms with Crippen LogP contribution in [-0.4, -0.2) is 38.5 Å². The molecule has 1 fully saturated rings. The van der Waals surface area contributed by atoms with E-state index in [2.05, 4.69) is 21.7 Å². The minimum Gasteiger partial charge on any atom is -0.449 e. The van der Waals surface area contributed by atoms with E-state index in [1.54, 1.807) is 22.9 Å². The number of esters is 1. The first-order chi connectivity index (χ1) is 13.0. The molecule has 2 aromatic rings. The lowest BCUT2D eigenvalue weighted by molar-refractivity contribution is -0.130. The summed E-state index contributed by atoms with van der Waals surface area (Å²) < 4.78 is 7.02. The summed E-state index contributed by atoms with van der Waals surface area (Å²) in [5.41, 5.74) is 0.869. The molecule has 3 rings (SSSR count). The number of carbonyl (C=O) groups is 2. The molecule has 1 saturated carbocycles. The fourth-order valence-corrected chi connectivity index (χ4v) is 3.37. The maximum Gasteiger partial charge on any atom is 0.338 e. The van der Waals surface area contributed by atoms with E-state index in [1.807, 2.05) is 6.92 Å². The smallest absolute Gasteiger partial charge is 0.338 e. The summed E-state index contributed by atoms with van der Waals surface area (Å²) >= 11 is 0. The zero-order valence-electron chi connectivity index (χ0n) is 15.6. The Bertz CT molecular complexity index is 892. The van der Waals surface area contributed by atoms with E-state index in [4.69, 9.17) is 4.74 Å². The third-order valence-electron chi connectivity index (χ3n) is 4.99. The number of hydrogen-bond acceptors (Lipinski definition) is 6. The van der Waals surface area contributed by atoms with Crippen molar-refractivity contribution >= 4 is 22.9 Å². The van der Waals surface area contributed by atoms with Crippen LogP contribution < -0.4 is 5.32 Å². The molecule has 8 nitrogen and oxygen atoms in total. The Balaban J connectivity index is 1.66. The number of hydrogen-bond donors (Lipinski definition) is 1. The fourth-order valence-electron chi connectivity index (χ4n) is 3.37. The van der Waals surface area contributed by atoms with Crippen LogP contribution >= 0.6 is 0 Å². The number of aryl methyl sites for hydroxylation is 1. The summed E-state index contributed by atoms with van der Waals surface area (Å²) in [6, 6.07) is 7.21. The Morgan fingerprint density at radius 1 is 1.37 bits per heavy atom. The van der Waals surface area contributed by atoms with Crippen molar-refractivity contribution in [3.8, 4) is 6.07 Å². The zero-order valence-corrected chi connectivity index (χ0v) is 15.6. The van der Waals surface area contributed by atoms with Crippen molar-refractivity contribution in [3.63, 3.8) is 0 Å². The zero-order chi connectivity index (χ0) is 19.4. The molecule has 1 N–H and O–H groups in total. The highest BCUT2D eigenvalue weighted by Gasteiger charge is 2.35. The second kappa shape index (κ2) is 7.74. The van der Waals surface area contributed by atoms with Gasteiger partial charge in [0.05, 0.1) is 17.1 Å². The highest BCUT2D eigenvalue weighted by Crippen LogP contribution is 2.27. The van der Waals surface area contributed by atoms with Crippen LogP contribution in [0.5, 0.6) is 0 Å². The number of rotatable bonds is 5. The molecule has 27 heavy (non-hydrogen) atoms. The van der Waals surface area contributed by atoms with Crippen molar-refractivity contribution < 1.29 is 14.3 Å². The van der Waals surface area contributed by atoms with Gasteiger partial charge in [-0.3, -0.25) is 4.79 Å². The Hall–Kier alpha value is -2.95. The standard InChI is InChI=1S/C19H23N5O3/c1-3-24-16-8-7-14(11-15(16)22-23-24)18(26)27-13(2)17(25)21-19(12-20)9-5-4-6-10-19/h7-8,11,13H,3-6,9-10H2,1-2H3,(H,21,25)/t13-/m0/s1. The van der Waals surface area contributed by atoms with Gasteiger partial charge in [-0.25, -0.2) is 9.48 Å². The van der Waals surface area contributed by atoms with Crippen LogP contribution in [0.2, 0.25) is 0 Å². The molecule has 0 unspecified atom stereocenters. The number of nitriles is 1. The molecule has 142 valence electrons. The van der Waals surface area contributed by atoms with E-state index < -0.39 is 23.5 Å². The fraction of sp³-hybridized carbons (Fsp3) is 0.526. The highest BCUT2D eigenvalue weighted by atomic mass is 16.5. The van der Waals surface area contributed by atoms with Gasteiger partial charge < -0.3 is 10.1 Å². The molecule has 0 aliphatic heterocycles. The Morgan fingerprint density at radius 2 is 2.11 bits per heavy atom. The van der Waals surface area contributed by atoms with E-state index in [1.165, 1.54) is 6.92 Å². The summed E-state index contributed by atoms with van der Waals surface area (Å²) in [4.78, 5) is 24.8. The number of amides is 1. The molecule has 1 aliphatic rings. The van der Waals surface area contributed by atoms with Gasteiger partial charge in [-0.2, -0.15) is 5.26 Å².